The Morgan fingerprint density at radius 2 is 1.96 bits per heavy atom. The first-order chi connectivity index (χ1) is 11.8. The molecule has 1 spiro atoms. The molecule has 0 aromatic heterocycles. The Hall–Kier alpha value is -2.02. The van der Waals surface area contributed by atoms with Gasteiger partial charge in [-0.25, -0.2) is 8.78 Å². The average Bonchev–Trinajstić information content (AvgIpc) is 2.86. The topological polar surface area (TPSA) is 66.6 Å². The van der Waals surface area contributed by atoms with E-state index in [0.29, 0.717) is 31.6 Å². The van der Waals surface area contributed by atoms with Gasteiger partial charge in [0.2, 0.25) is 11.8 Å². The normalized spacial score (nSPS) is 21.0. The molecule has 2 fully saturated rings. The van der Waals surface area contributed by atoms with E-state index in [9.17, 15) is 18.4 Å². The monoisotopic (exact) mass is 351 g/mol. The van der Waals surface area contributed by atoms with E-state index in [1.165, 1.54) is 6.07 Å². The minimum absolute atomic E-state index is 0.0247. The Morgan fingerprint density at radius 3 is 2.56 bits per heavy atom. The number of halogens is 2. The number of carbonyl (C=O) groups is 2. The van der Waals surface area contributed by atoms with Gasteiger partial charge in [0.1, 0.15) is 0 Å². The van der Waals surface area contributed by atoms with Crippen LogP contribution >= 0.6 is 0 Å². The summed E-state index contributed by atoms with van der Waals surface area (Å²) in [6.07, 6.45) is 1.95. The van der Waals surface area contributed by atoms with Gasteiger partial charge in [-0.15, -0.1) is 0 Å². The maximum atomic E-state index is 13.4. The molecule has 2 amide bonds. The van der Waals surface area contributed by atoms with Gasteiger partial charge >= 0.3 is 0 Å². The molecule has 0 unspecified atom stereocenters. The highest BCUT2D eigenvalue weighted by molar-refractivity contribution is 5.82. The second-order valence-corrected chi connectivity index (χ2v) is 7.29. The van der Waals surface area contributed by atoms with Gasteiger partial charge in [-0.1, -0.05) is 6.07 Å². The predicted molar refractivity (Wildman–Crippen MR) is 88.3 cm³/mol. The first-order valence-corrected chi connectivity index (χ1v) is 8.56. The van der Waals surface area contributed by atoms with Crippen LogP contribution in [-0.2, 0) is 16.1 Å². The van der Waals surface area contributed by atoms with Gasteiger partial charge in [0.25, 0.3) is 0 Å². The third-order valence-electron chi connectivity index (χ3n) is 5.29. The van der Waals surface area contributed by atoms with E-state index in [1.807, 2.05) is 0 Å². The summed E-state index contributed by atoms with van der Waals surface area (Å²) >= 11 is 0. The van der Waals surface area contributed by atoms with Crippen molar-refractivity contribution in [2.45, 2.75) is 38.8 Å². The van der Waals surface area contributed by atoms with Gasteiger partial charge in [0.15, 0.2) is 11.6 Å². The first-order valence-electron chi connectivity index (χ1n) is 8.56. The van der Waals surface area contributed by atoms with Crippen LogP contribution in [0.1, 0.15) is 31.7 Å². The van der Waals surface area contributed by atoms with Gasteiger partial charge in [-0.05, 0) is 37.5 Å². The molecule has 1 aromatic rings. The summed E-state index contributed by atoms with van der Waals surface area (Å²) in [4.78, 5) is 27.8. The molecule has 0 bridgehead atoms. The van der Waals surface area contributed by atoms with Gasteiger partial charge in [0, 0.05) is 38.0 Å². The number of hydrogen-bond acceptors (Lipinski definition) is 3. The number of nitrogens with zero attached hydrogens (tertiary/aromatic N) is 2. The molecule has 7 heteroatoms. The molecular formula is C18H23F2N3O2. The second kappa shape index (κ2) is 6.71. The highest BCUT2D eigenvalue weighted by Gasteiger charge is 2.45. The summed E-state index contributed by atoms with van der Waals surface area (Å²) in [7, 11) is 0. The van der Waals surface area contributed by atoms with Crippen LogP contribution in [-0.4, -0.2) is 47.3 Å². The van der Waals surface area contributed by atoms with Crippen LogP contribution in [0, 0.1) is 17.0 Å². The van der Waals surface area contributed by atoms with Crippen molar-refractivity contribution < 1.29 is 18.4 Å². The molecule has 2 aliphatic heterocycles. The van der Waals surface area contributed by atoms with Gasteiger partial charge in [-0.3, -0.25) is 9.59 Å². The molecule has 2 aliphatic rings. The fourth-order valence-corrected chi connectivity index (χ4v) is 3.81. The van der Waals surface area contributed by atoms with E-state index in [-0.39, 0.29) is 23.8 Å². The van der Waals surface area contributed by atoms with Crippen LogP contribution in [0.3, 0.4) is 0 Å². The molecule has 2 saturated heterocycles. The van der Waals surface area contributed by atoms with Gasteiger partial charge < -0.3 is 15.5 Å². The van der Waals surface area contributed by atoms with Crippen molar-refractivity contribution in [2.75, 3.05) is 19.6 Å². The van der Waals surface area contributed by atoms with E-state index in [1.54, 1.807) is 16.7 Å². The number of benzene rings is 1. The molecule has 2 heterocycles. The van der Waals surface area contributed by atoms with Gasteiger partial charge in [0.05, 0.1) is 6.04 Å². The molecule has 1 aromatic carbocycles. The summed E-state index contributed by atoms with van der Waals surface area (Å²) in [5.41, 5.74) is 6.10. The van der Waals surface area contributed by atoms with Crippen molar-refractivity contribution in [3.05, 3.63) is 35.4 Å². The van der Waals surface area contributed by atoms with Crippen molar-refractivity contribution in [2.24, 2.45) is 11.1 Å². The van der Waals surface area contributed by atoms with E-state index < -0.39 is 17.7 Å². The predicted octanol–water partition coefficient (Wildman–Crippen LogP) is 1.65. The third kappa shape index (κ3) is 3.66. The molecule has 136 valence electrons. The van der Waals surface area contributed by atoms with E-state index in [0.717, 1.165) is 25.0 Å². The molecule has 5 nitrogen and oxygen atoms in total. The number of carbonyl (C=O) groups excluding carboxylic acids is 2. The lowest BCUT2D eigenvalue weighted by Crippen LogP contribution is -2.49. The molecule has 2 N–H and O–H groups in total. The summed E-state index contributed by atoms with van der Waals surface area (Å²) < 4.78 is 26.4. The average molecular weight is 351 g/mol. The molecule has 0 saturated carbocycles. The Kier molecular flexibility index (Phi) is 4.77. The van der Waals surface area contributed by atoms with Crippen LogP contribution in [0.2, 0.25) is 0 Å². The van der Waals surface area contributed by atoms with E-state index in [4.69, 9.17) is 5.73 Å². The summed E-state index contributed by atoms with van der Waals surface area (Å²) in [5, 5.41) is 0. The van der Waals surface area contributed by atoms with Crippen LogP contribution in [0.4, 0.5) is 8.78 Å². The Morgan fingerprint density at radius 1 is 1.28 bits per heavy atom. The fraction of sp³-hybridized carbons (Fsp3) is 0.556. The molecule has 25 heavy (non-hydrogen) atoms. The molecule has 1 atom stereocenters. The highest BCUT2D eigenvalue weighted by Crippen LogP contribution is 2.41. The summed E-state index contributed by atoms with van der Waals surface area (Å²) in [6.45, 7) is 3.75. The number of nitrogens with two attached hydrogens (primary N) is 1. The quantitative estimate of drug-likeness (QED) is 0.901. The molecule has 0 radical (unpaired) electrons. The van der Waals surface area contributed by atoms with Crippen molar-refractivity contribution in [3.63, 3.8) is 0 Å². The van der Waals surface area contributed by atoms with Crippen LogP contribution < -0.4 is 5.73 Å². The zero-order valence-corrected chi connectivity index (χ0v) is 14.3. The van der Waals surface area contributed by atoms with E-state index in [2.05, 4.69) is 0 Å². The van der Waals surface area contributed by atoms with E-state index >= 15 is 0 Å². The second-order valence-electron chi connectivity index (χ2n) is 7.29. The first kappa shape index (κ1) is 17.8. The molecular weight excluding hydrogens is 328 g/mol. The van der Waals surface area contributed by atoms with Crippen molar-refractivity contribution in [1.29, 1.82) is 0 Å². The van der Waals surface area contributed by atoms with Crippen molar-refractivity contribution in [3.8, 4) is 0 Å². The minimum atomic E-state index is -0.901. The third-order valence-corrected chi connectivity index (χ3v) is 5.29. The number of rotatable bonds is 3. The van der Waals surface area contributed by atoms with Crippen LogP contribution in [0.15, 0.2) is 18.2 Å². The van der Waals surface area contributed by atoms with Crippen LogP contribution in [0.25, 0.3) is 0 Å². The number of piperidine rings is 1. The minimum Gasteiger partial charge on any atom is -0.341 e. The number of hydrogen-bond donors (Lipinski definition) is 1. The number of amides is 2. The molecule has 3 rings (SSSR count). The summed E-state index contributed by atoms with van der Waals surface area (Å²) in [6, 6.07) is 3.21. The smallest absolute Gasteiger partial charge is 0.239 e. The zero-order chi connectivity index (χ0) is 18.2. The summed E-state index contributed by atoms with van der Waals surface area (Å²) in [5.74, 6) is -1.82. The molecule has 0 aliphatic carbocycles. The highest BCUT2D eigenvalue weighted by atomic mass is 19.2. The van der Waals surface area contributed by atoms with Gasteiger partial charge in [-0.2, -0.15) is 0 Å². The van der Waals surface area contributed by atoms with Crippen molar-refractivity contribution >= 4 is 11.8 Å². The maximum Gasteiger partial charge on any atom is 0.239 e. The standard InChI is InChI=1S/C18H23F2N3O2/c1-12(21)17(25)22-6-4-18(5-7-22)9-16(24)23(11-18)10-13-2-3-14(19)15(20)8-13/h2-3,8,12H,4-7,9-11,21H2,1H3/t12-/m1/s1. The SMILES string of the molecule is C[C@@H](N)C(=O)N1CCC2(CC1)CC(=O)N(Cc1ccc(F)c(F)c1)C2. The Labute approximate surface area is 145 Å². The lowest BCUT2D eigenvalue weighted by atomic mass is 9.77. The Balaban J connectivity index is 1.63. The lowest BCUT2D eigenvalue weighted by Gasteiger charge is -2.39. The Bertz CT molecular complexity index is 685. The maximum absolute atomic E-state index is 13.4. The number of likely N-dealkylation sites (tertiary alicyclic amines) is 2. The van der Waals surface area contributed by atoms with Crippen LogP contribution in [0.5, 0.6) is 0 Å². The lowest BCUT2D eigenvalue weighted by molar-refractivity contribution is -0.134. The fourth-order valence-electron chi connectivity index (χ4n) is 3.81. The van der Waals surface area contributed by atoms with Crippen molar-refractivity contribution in [1.82, 2.24) is 9.80 Å². The largest absolute Gasteiger partial charge is 0.341 e. The zero-order valence-electron chi connectivity index (χ0n) is 14.3.